The van der Waals surface area contributed by atoms with E-state index in [1.54, 1.807) is 6.07 Å². The molecule has 2 amide bonds. The average molecular weight is 394 g/mol. The van der Waals surface area contributed by atoms with Gasteiger partial charge in [-0.1, -0.05) is 6.07 Å². The Labute approximate surface area is 165 Å². The van der Waals surface area contributed by atoms with Crippen LogP contribution in [0.15, 0.2) is 55.0 Å². The van der Waals surface area contributed by atoms with Gasteiger partial charge in [0.15, 0.2) is 11.6 Å². The second-order valence-electron chi connectivity index (χ2n) is 6.74. The Morgan fingerprint density at radius 2 is 1.76 bits per heavy atom. The zero-order valence-electron chi connectivity index (χ0n) is 15.2. The van der Waals surface area contributed by atoms with Crippen molar-refractivity contribution in [1.29, 1.82) is 0 Å². The van der Waals surface area contributed by atoms with Crippen LogP contribution in [-0.2, 0) is 4.79 Å². The first-order chi connectivity index (χ1) is 14.0. The van der Waals surface area contributed by atoms with Crippen molar-refractivity contribution in [3.8, 4) is 11.1 Å². The third-order valence-electron chi connectivity index (χ3n) is 4.47. The van der Waals surface area contributed by atoms with E-state index in [2.05, 4.69) is 20.6 Å². The fourth-order valence-electron chi connectivity index (χ4n) is 2.76. The first-order valence-electron chi connectivity index (χ1n) is 8.98. The number of amides is 2. The average Bonchev–Trinajstić information content (AvgIpc) is 3.56. The molecule has 146 valence electrons. The molecule has 0 atom stereocenters. The Kier molecular flexibility index (Phi) is 4.99. The molecule has 1 fully saturated rings. The van der Waals surface area contributed by atoms with E-state index in [1.807, 2.05) is 0 Å². The molecule has 2 N–H and O–H groups in total. The third-order valence-corrected chi connectivity index (χ3v) is 4.47. The van der Waals surface area contributed by atoms with Gasteiger partial charge in [-0.3, -0.25) is 14.6 Å². The second-order valence-corrected chi connectivity index (χ2v) is 6.74. The summed E-state index contributed by atoms with van der Waals surface area (Å²) in [6, 6.07) is 8.14. The lowest BCUT2D eigenvalue weighted by molar-refractivity contribution is -0.117. The lowest BCUT2D eigenvalue weighted by Crippen LogP contribution is -2.16. The largest absolute Gasteiger partial charge is 0.321 e. The van der Waals surface area contributed by atoms with Gasteiger partial charge in [-0.25, -0.2) is 13.8 Å². The highest BCUT2D eigenvalue weighted by molar-refractivity contribution is 6.05. The molecule has 0 saturated heterocycles. The number of carbonyl (C=O) groups excluding carboxylic acids is 2. The number of halogens is 2. The van der Waals surface area contributed by atoms with E-state index in [0.717, 1.165) is 25.0 Å². The van der Waals surface area contributed by atoms with E-state index in [4.69, 9.17) is 0 Å². The number of carbonyl (C=O) groups is 2. The van der Waals surface area contributed by atoms with Crippen molar-refractivity contribution in [2.45, 2.75) is 12.8 Å². The van der Waals surface area contributed by atoms with Gasteiger partial charge < -0.3 is 10.6 Å². The van der Waals surface area contributed by atoms with Crippen LogP contribution in [-0.4, -0.2) is 21.8 Å². The van der Waals surface area contributed by atoms with Crippen molar-refractivity contribution in [2.75, 3.05) is 10.6 Å². The molecule has 4 rings (SSSR count). The van der Waals surface area contributed by atoms with Crippen molar-refractivity contribution in [3.05, 3.63) is 72.2 Å². The quantitative estimate of drug-likeness (QED) is 0.685. The molecular weight excluding hydrogens is 378 g/mol. The van der Waals surface area contributed by atoms with Gasteiger partial charge in [-0.05, 0) is 48.7 Å². The molecule has 0 spiro atoms. The highest BCUT2D eigenvalue weighted by Crippen LogP contribution is 2.30. The number of nitrogens with zero attached hydrogens (tertiary/aromatic N) is 2. The molecule has 0 aliphatic heterocycles. The molecule has 2 aromatic heterocycles. The molecule has 1 aliphatic rings. The highest BCUT2D eigenvalue weighted by Gasteiger charge is 2.29. The van der Waals surface area contributed by atoms with Crippen LogP contribution in [0.5, 0.6) is 0 Å². The van der Waals surface area contributed by atoms with Crippen LogP contribution < -0.4 is 10.6 Å². The smallest absolute Gasteiger partial charge is 0.255 e. The van der Waals surface area contributed by atoms with Gasteiger partial charge in [0, 0.05) is 29.4 Å². The van der Waals surface area contributed by atoms with E-state index in [1.165, 1.54) is 36.8 Å². The van der Waals surface area contributed by atoms with Gasteiger partial charge in [-0.15, -0.1) is 0 Å². The van der Waals surface area contributed by atoms with Gasteiger partial charge >= 0.3 is 0 Å². The molecule has 1 aromatic carbocycles. The minimum atomic E-state index is -0.963. The van der Waals surface area contributed by atoms with Crippen molar-refractivity contribution in [3.63, 3.8) is 0 Å². The second kappa shape index (κ2) is 7.75. The molecular formula is C21H16F2N4O2. The van der Waals surface area contributed by atoms with Crippen LogP contribution >= 0.6 is 0 Å². The molecule has 0 unspecified atom stereocenters. The van der Waals surface area contributed by atoms with Gasteiger partial charge in [0.1, 0.15) is 5.82 Å². The number of rotatable bonds is 5. The molecule has 0 bridgehead atoms. The number of aromatic nitrogens is 2. The monoisotopic (exact) mass is 394 g/mol. The minimum Gasteiger partial charge on any atom is -0.321 e. The number of hydrogen-bond acceptors (Lipinski definition) is 4. The predicted molar refractivity (Wildman–Crippen MR) is 103 cm³/mol. The van der Waals surface area contributed by atoms with Crippen molar-refractivity contribution in [1.82, 2.24) is 9.97 Å². The van der Waals surface area contributed by atoms with Crippen molar-refractivity contribution >= 4 is 23.3 Å². The van der Waals surface area contributed by atoms with Gasteiger partial charge in [-0.2, -0.15) is 0 Å². The van der Waals surface area contributed by atoms with E-state index in [0.29, 0.717) is 28.2 Å². The van der Waals surface area contributed by atoms with E-state index < -0.39 is 17.5 Å². The van der Waals surface area contributed by atoms with Crippen LogP contribution in [0.3, 0.4) is 0 Å². The molecule has 3 aromatic rings. The maximum absolute atomic E-state index is 13.5. The first-order valence-corrected chi connectivity index (χ1v) is 8.98. The Morgan fingerprint density at radius 3 is 2.52 bits per heavy atom. The molecule has 0 radical (unpaired) electrons. The maximum Gasteiger partial charge on any atom is 0.255 e. The van der Waals surface area contributed by atoms with Crippen LogP contribution in [0.1, 0.15) is 23.2 Å². The summed E-state index contributed by atoms with van der Waals surface area (Å²) in [4.78, 5) is 32.5. The maximum atomic E-state index is 13.5. The summed E-state index contributed by atoms with van der Waals surface area (Å²) in [5.41, 5.74) is 1.65. The summed E-state index contributed by atoms with van der Waals surface area (Å²) >= 11 is 0. The van der Waals surface area contributed by atoms with Crippen LogP contribution in [0.2, 0.25) is 0 Å². The Hall–Kier alpha value is -3.68. The van der Waals surface area contributed by atoms with E-state index in [9.17, 15) is 18.4 Å². The first kappa shape index (κ1) is 18.7. The lowest BCUT2D eigenvalue weighted by atomic mass is 10.1. The topological polar surface area (TPSA) is 84.0 Å². The molecule has 1 saturated carbocycles. The summed E-state index contributed by atoms with van der Waals surface area (Å²) in [5, 5.41) is 5.40. The zero-order chi connectivity index (χ0) is 20.4. The summed E-state index contributed by atoms with van der Waals surface area (Å²) < 4.78 is 26.6. The van der Waals surface area contributed by atoms with Crippen molar-refractivity contribution < 1.29 is 18.4 Å². The molecule has 1 aliphatic carbocycles. The molecule has 29 heavy (non-hydrogen) atoms. The lowest BCUT2D eigenvalue weighted by Gasteiger charge is -2.09. The number of hydrogen-bond donors (Lipinski definition) is 2. The Bertz CT molecular complexity index is 1100. The third kappa shape index (κ3) is 4.43. The summed E-state index contributed by atoms with van der Waals surface area (Å²) in [6.45, 7) is 0. The SMILES string of the molecule is O=C(Nc1cncc(-c2ccc(F)c(F)c2)c1)c1ccnc(NC(=O)C2CC2)c1. The zero-order valence-corrected chi connectivity index (χ0v) is 15.2. The molecule has 6 nitrogen and oxygen atoms in total. The number of anilines is 2. The molecule has 8 heteroatoms. The predicted octanol–water partition coefficient (Wildman–Crippen LogP) is 4.02. The van der Waals surface area contributed by atoms with Gasteiger partial charge in [0.2, 0.25) is 5.91 Å². The summed E-state index contributed by atoms with van der Waals surface area (Å²) in [5.74, 6) is -2.08. The van der Waals surface area contributed by atoms with E-state index in [-0.39, 0.29) is 11.8 Å². The normalized spacial score (nSPS) is 13.0. The van der Waals surface area contributed by atoms with Gasteiger partial charge in [0.25, 0.3) is 5.91 Å². The molecule has 2 heterocycles. The van der Waals surface area contributed by atoms with E-state index >= 15 is 0 Å². The Balaban J connectivity index is 1.49. The number of nitrogens with one attached hydrogen (secondary N) is 2. The summed E-state index contributed by atoms with van der Waals surface area (Å²) in [6.07, 6.45) is 6.10. The van der Waals surface area contributed by atoms with Crippen LogP contribution in [0.4, 0.5) is 20.3 Å². The fourth-order valence-corrected chi connectivity index (χ4v) is 2.76. The standard InChI is InChI=1S/C21H16F2N4O2/c22-17-4-3-13(8-18(17)23)15-7-16(11-24-10-15)26-21(29)14-5-6-25-19(9-14)27-20(28)12-1-2-12/h3-12H,1-2H2,(H,26,29)(H,25,27,28). The minimum absolute atomic E-state index is 0.0272. The highest BCUT2D eigenvalue weighted by atomic mass is 19.2. The van der Waals surface area contributed by atoms with Crippen molar-refractivity contribution in [2.24, 2.45) is 5.92 Å². The number of benzene rings is 1. The summed E-state index contributed by atoms with van der Waals surface area (Å²) in [7, 11) is 0. The fraction of sp³-hybridized carbons (Fsp3) is 0.143. The Morgan fingerprint density at radius 1 is 0.931 bits per heavy atom. The van der Waals surface area contributed by atoms with Gasteiger partial charge in [0.05, 0.1) is 11.9 Å². The van der Waals surface area contributed by atoms with Crippen LogP contribution in [0, 0.1) is 17.6 Å². The number of pyridine rings is 2. The van der Waals surface area contributed by atoms with Crippen LogP contribution in [0.25, 0.3) is 11.1 Å².